The Morgan fingerprint density at radius 3 is 2.81 bits per heavy atom. The van der Waals surface area contributed by atoms with Gasteiger partial charge in [-0.15, -0.1) is 0 Å². The van der Waals surface area contributed by atoms with Gasteiger partial charge in [-0.2, -0.15) is 0 Å². The summed E-state index contributed by atoms with van der Waals surface area (Å²) in [5.74, 6) is 1.29. The van der Waals surface area contributed by atoms with Gasteiger partial charge in [-0.3, -0.25) is 4.79 Å². The van der Waals surface area contributed by atoms with E-state index in [1.54, 1.807) is 6.26 Å². The van der Waals surface area contributed by atoms with Gasteiger partial charge < -0.3 is 4.42 Å². The lowest BCUT2D eigenvalue weighted by Crippen LogP contribution is -2.18. The minimum absolute atomic E-state index is 0.104. The maximum Gasteiger partial charge on any atom is 0.138 e. The van der Waals surface area contributed by atoms with E-state index >= 15 is 0 Å². The fraction of sp³-hybridized carbons (Fsp3) is 0.214. The van der Waals surface area contributed by atoms with Crippen LogP contribution in [0.5, 0.6) is 0 Å². The van der Waals surface area contributed by atoms with Crippen molar-refractivity contribution in [2.75, 3.05) is 0 Å². The predicted molar refractivity (Wildman–Crippen MR) is 60.3 cm³/mol. The first-order valence-electron chi connectivity index (χ1n) is 5.47. The largest absolute Gasteiger partial charge is 0.469 e. The minimum Gasteiger partial charge on any atom is -0.469 e. The van der Waals surface area contributed by atoms with Gasteiger partial charge in [0.15, 0.2) is 0 Å². The van der Waals surface area contributed by atoms with Crippen molar-refractivity contribution in [3.8, 4) is 0 Å². The van der Waals surface area contributed by atoms with Crippen LogP contribution in [0, 0.1) is 0 Å². The van der Waals surface area contributed by atoms with E-state index in [-0.39, 0.29) is 5.92 Å². The number of carbonyl (C=O) groups excluding carboxylic acids is 1. The van der Waals surface area contributed by atoms with Crippen LogP contribution in [0.25, 0.3) is 0 Å². The average molecular weight is 212 g/mol. The van der Waals surface area contributed by atoms with E-state index in [2.05, 4.69) is 6.07 Å². The normalized spacial score (nSPS) is 19.5. The second-order valence-electron chi connectivity index (χ2n) is 4.19. The van der Waals surface area contributed by atoms with Crippen LogP contribution >= 0.6 is 0 Å². The number of hydrogen-bond donors (Lipinski definition) is 0. The molecule has 16 heavy (non-hydrogen) atoms. The summed E-state index contributed by atoms with van der Waals surface area (Å²) in [5.41, 5.74) is 2.37. The number of furan rings is 1. The van der Waals surface area contributed by atoms with Crippen LogP contribution in [-0.2, 0) is 11.2 Å². The zero-order valence-corrected chi connectivity index (χ0v) is 8.85. The van der Waals surface area contributed by atoms with Gasteiger partial charge in [0.1, 0.15) is 11.5 Å². The highest BCUT2D eigenvalue weighted by Crippen LogP contribution is 2.35. The molecule has 80 valence electrons. The molecule has 1 aliphatic carbocycles. The summed E-state index contributed by atoms with van der Waals surface area (Å²) in [4.78, 5) is 11.7. The van der Waals surface area contributed by atoms with Crippen molar-refractivity contribution in [1.82, 2.24) is 0 Å². The lowest BCUT2D eigenvalue weighted by Gasteiger charge is -2.22. The van der Waals surface area contributed by atoms with Crippen molar-refractivity contribution in [1.29, 1.82) is 0 Å². The first-order chi connectivity index (χ1) is 7.84. The van der Waals surface area contributed by atoms with E-state index in [0.29, 0.717) is 18.6 Å². The number of rotatable bonds is 1. The van der Waals surface area contributed by atoms with Gasteiger partial charge in [0, 0.05) is 18.8 Å². The van der Waals surface area contributed by atoms with Crippen LogP contribution in [0.4, 0.5) is 0 Å². The molecule has 3 rings (SSSR count). The molecule has 1 aromatic heterocycles. The molecular formula is C14H12O2. The number of ketones is 1. The Labute approximate surface area is 93.9 Å². The third kappa shape index (κ3) is 1.47. The standard InChI is InChI=1S/C14H12O2/c15-11-8-10-4-1-2-5-12(10)13(9-11)14-6-3-7-16-14/h1-7,13H,8-9H2. The van der Waals surface area contributed by atoms with Crippen LogP contribution in [0.3, 0.4) is 0 Å². The van der Waals surface area contributed by atoms with Crippen molar-refractivity contribution in [2.24, 2.45) is 0 Å². The van der Waals surface area contributed by atoms with E-state index in [1.807, 2.05) is 30.3 Å². The van der Waals surface area contributed by atoms with Gasteiger partial charge in [0.2, 0.25) is 0 Å². The first kappa shape index (κ1) is 9.40. The summed E-state index contributed by atoms with van der Waals surface area (Å²) in [6, 6.07) is 11.9. The van der Waals surface area contributed by atoms with Gasteiger partial charge in [0.05, 0.1) is 6.26 Å². The molecule has 2 heteroatoms. The average Bonchev–Trinajstić information content (AvgIpc) is 2.81. The van der Waals surface area contributed by atoms with E-state index in [4.69, 9.17) is 4.42 Å². The van der Waals surface area contributed by atoms with E-state index in [0.717, 1.165) is 11.3 Å². The summed E-state index contributed by atoms with van der Waals surface area (Å²) in [6.45, 7) is 0. The van der Waals surface area contributed by atoms with Crippen molar-refractivity contribution in [3.63, 3.8) is 0 Å². The molecule has 0 amide bonds. The van der Waals surface area contributed by atoms with Gasteiger partial charge in [-0.1, -0.05) is 24.3 Å². The summed E-state index contributed by atoms with van der Waals surface area (Å²) in [5, 5.41) is 0. The van der Waals surface area contributed by atoms with Gasteiger partial charge in [-0.05, 0) is 23.3 Å². The maximum atomic E-state index is 11.7. The molecule has 1 heterocycles. The third-order valence-electron chi connectivity index (χ3n) is 3.14. The number of fused-ring (bicyclic) bond motifs is 1. The highest BCUT2D eigenvalue weighted by Gasteiger charge is 2.27. The van der Waals surface area contributed by atoms with Crippen molar-refractivity contribution in [3.05, 3.63) is 59.5 Å². The summed E-state index contributed by atoms with van der Waals surface area (Å²) >= 11 is 0. The second-order valence-corrected chi connectivity index (χ2v) is 4.19. The Morgan fingerprint density at radius 2 is 2.00 bits per heavy atom. The van der Waals surface area contributed by atoms with Gasteiger partial charge in [0.25, 0.3) is 0 Å². The molecule has 0 saturated carbocycles. The molecule has 1 aliphatic rings. The molecule has 0 spiro atoms. The van der Waals surface area contributed by atoms with Crippen LogP contribution in [-0.4, -0.2) is 5.78 Å². The molecule has 2 aromatic rings. The molecule has 0 bridgehead atoms. The summed E-state index contributed by atoms with van der Waals surface area (Å²) in [6.07, 6.45) is 2.79. The molecule has 1 atom stereocenters. The second kappa shape index (κ2) is 3.63. The van der Waals surface area contributed by atoms with Crippen LogP contribution < -0.4 is 0 Å². The lowest BCUT2D eigenvalue weighted by molar-refractivity contribution is -0.119. The summed E-state index contributed by atoms with van der Waals surface area (Å²) in [7, 11) is 0. The molecule has 2 nitrogen and oxygen atoms in total. The number of hydrogen-bond acceptors (Lipinski definition) is 2. The van der Waals surface area contributed by atoms with Crippen molar-refractivity contribution in [2.45, 2.75) is 18.8 Å². The Kier molecular flexibility index (Phi) is 2.13. The Hall–Kier alpha value is -1.83. The van der Waals surface area contributed by atoms with Crippen LogP contribution in [0.2, 0.25) is 0 Å². The van der Waals surface area contributed by atoms with E-state index in [1.165, 1.54) is 5.56 Å². The molecule has 0 radical (unpaired) electrons. The number of Topliss-reactive ketones (excluding diaryl/α,β-unsaturated/α-hetero) is 1. The first-order valence-corrected chi connectivity index (χ1v) is 5.47. The molecule has 0 N–H and O–H groups in total. The zero-order chi connectivity index (χ0) is 11.0. The topological polar surface area (TPSA) is 30.2 Å². The predicted octanol–water partition coefficient (Wildman–Crippen LogP) is 2.93. The summed E-state index contributed by atoms with van der Waals surface area (Å²) < 4.78 is 5.43. The molecular weight excluding hydrogens is 200 g/mol. The Balaban J connectivity index is 2.10. The molecule has 1 aromatic carbocycles. The molecule has 0 saturated heterocycles. The fourth-order valence-electron chi connectivity index (χ4n) is 2.40. The third-order valence-corrected chi connectivity index (χ3v) is 3.14. The Bertz CT molecular complexity index is 511. The van der Waals surface area contributed by atoms with E-state index in [9.17, 15) is 4.79 Å². The highest BCUT2D eigenvalue weighted by molar-refractivity contribution is 5.84. The lowest BCUT2D eigenvalue weighted by atomic mass is 9.81. The Morgan fingerprint density at radius 1 is 1.12 bits per heavy atom. The van der Waals surface area contributed by atoms with Crippen LogP contribution in [0.15, 0.2) is 47.1 Å². The van der Waals surface area contributed by atoms with Crippen molar-refractivity contribution < 1.29 is 9.21 Å². The van der Waals surface area contributed by atoms with Crippen LogP contribution in [0.1, 0.15) is 29.2 Å². The zero-order valence-electron chi connectivity index (χ0n) is 8.85. The fourth-order valence-corrected chi connectivity index (χ4v) is 2.40. The van der Waals surface area contributed by atoms with Crippen molar-refractivity contribution >= 4 is 5.78 Å². The van der Waals surface area contributed by atoms with Gasteiger partial charge >= 0.3 is 0 Å². The number of benzene rings is 1. The van der Waals surface area contributed by atoms with Gasteiger partial charge in [-0.25, -0.2) is 0 Å². The monoisotopic (exact) mass is 212 g/mol. The SMILES string of the molecule is O=C1Cc2ccccc2C(c2ccco2)C1. The molecule has 0 fully saturated rings. The maximum absolute atomic E-state index is 11.7. The molecule has 0 aliphatic heterocycles. The number of carbonyl (C=O) groups is 1. The van der Waals surface area contributed by atoms with E-state index < -0.39 is 0 Å². The minimum atomic E-state index is 0.104. The smallest absolute Gasteiger partial charge is 0.138 e. The highest BCUT2D eigenvalue weighted by atomic mass is 16.3. The quantitative estimate of drug-likeness (QED) is 0.727. The molecule has 1 unspecified atom stereocenters.